The maximum Gasteiger partial charge on any atom is 0.411 e. The van der Waals surface area contributed by atoms with Gasteiger partial charge in [0.05, 0.1) is 12.1 Å². The zero-order chi connectivity index (χ0) is 24.5. The molecule has 192 valence electrons. The Hall–Kier alpha value is -1.26. The zero-order valence-electron chi connectivity index (χ0n) is 20.1. The molecule has 5 nitrogen and oxygen atoms in total. The molecule has 1 aliphatic heterocycles. The van der Waals surface area contributed by atoms with E-state index in [1.165, 1.54) is 4.68 Å². The third kappa shape index (κ3) is 9.48. The summed E-state index contributed by atoms with van der Waals surface area (Å²) < 4.78 is 71.4. The minimum atomic E-state index is -4.32. The summed E-state index contributed by atoms with van der Waals surface area (Å²) in [5.41, 5.74) is 2.43. The minimum absolute atomic E-state index is 0.0466. The SMILES string of the molecule is CCCCC[C@H](CCCCOCC(F)(F)F)c1c(CN(C)CCNC)nn2c1CC(F)(F)C2. The lowest BCUT2D eigenvalue weighted by atomic mass is 9.86. The number of nitrogens with one attached hydrogen (secondary N) is 1. The van der Waals surface area contributed by atoms with Crippen molar-refractivity contribution in [3.63, 3.8) is 0 Å². The van der Waals surface area contributed by atoms with E-state index < -0.39 is 18.7 Å². The molecule has 0 bridgehead atoms. The Kier molecular flexibility index (Phi) is 11.0. The van der Waals surface area contributed by atoms with Crippen molar-refractivity contribution < 1.29 is 26.7 Å². The van der Waals surface area contributed by atoms with Gasteiger partial charge in [-0.15, -0.1) is 0 Å². The highest BCUT2D eigenvalue weighted by atomic mass is 19.4. The summed E-state index contributed by atoms with van der Waals surface area (Å²) >= 11 is 0. The lowest BCUT2D eigenvalue weighted by molar-refractivity contribution is -0.174. The minimum Gasteiger partial charge on any atom is -0.372 e. The number of fused-ring (bicyclic) bond motifs is 1. The molecule has 0 fully saturated rings. The molecule has 0 aliphatic carbocycles. The lowest BCUT2D eigenvalue weighted by Crippen LogP contribution is -2.28. The smallest absolute Gasteiger partial charge is 0.372 e. The molecule has 0 spiro atoms. The van der Waals surface area contributed by atoms with Crippen molar-refractivity contribution in [1.29, 1.82) is 0 Å². The molecule has 1 aromatic heterocycles. The lowest BCUT2D eigenvalue weighted by Gasteiger charge is -2.22. The van der Waals surface area contributed by atoms with E-state index in [0.717, 1.165) is 56.5 Å². The van der Waals surface area contributed by atoms with Crippen LogP contribution >= 0.6 is 0 Å². The molecule has 10 heteroatoms. The maximum absolute atomic E-state index is 14.2. The molecule has 0 unspecified atom stereocenters. The van der Waals surface area contributed by atoms with Crippen molar-refractivity contribution >= 4 is 0 Å². The molecule has 0 radical (unpaired) electrons. The average molecular weight is 483 g/mol. The molecule has 2 rings (SSSR count). The number of unbranched alkanes of at least 4 members (excludes halogenated alkanes) is 3. The van der Waals surface area contributed by atoms with Crippen LogP contribution in [0, 0.1) is 0 Å². The van der Waals surface area contributed by atoms with E-state index in [-0.39, 0.29) is 25.5 Å². The number of nitrogens with zero attached hydrogens (tertiary/aromatic N) is 3. The first-order valence-electron chi connectivity index (χ1n) is 12.0. The largest absolute Gasteiger partial charge is 0.411 e. The van der Waals surface area contributed by atoms with Gasteiger partial charge in [-0.05, 0) is 39.3 Å². The number of aromatic nitrogens is 2. The van der Waals surface area contributed by atoms with Crippen LogP contribution in [-0.4, -0.2) is 67.2 Å². The van der Waals surface area contributed by atoms with Crippen LogP contribution in [0.3, 0.4) is 0 Å². The fraction of sp³-hybridized carbons (Fsp3) is 0.870. The van der Waals surface area contributed by atoms with E-state index in [1.807, 2.05) is 14.1 Å². The molecule has 33 heavy (non-hydrogen) atoms. The number of rotatable bonds is 16. The van der Waals surface area contributed by atoms with Crippen LogP contribution in [0.4, 0.5) is 22.0 Å². The molecule has 1 aromatic rings. The van der Waals surface area contributed by atoms with Crippen LogP contribution in [0.25, 0.3) is 0 Å². The monoisotopic (exact) mass is 482 g/mol. The van der Waals surface area contributed by atoms with Gasteiger partial charge in [-0.3, -0.25) is 9.58 Å². The summed E-state index contributed by atoms with van der Waals surface area (Å²) in [6.07, 6.45) is 1.29. The van der Waals surface area contributed by atoms with Crippen molar-refractivity contribution in [3.8, 4) is 0 Å². The summed E-state index contributed by atoms with van der Waals surface area (Å²) in [5.74, 6) is -2.71. The van der Waals surface area contributed by atoms with Crippen LogP contribution in [0.5, 0.6) is 0 Å². The Morgan fingerprint density at radius 3 is 2.52 bits per heavy atom. The number of hydrogen-bond acceptors (Lipinski definition) is 4. The highest BCUT2D eigenvalue weighted by molar-refractivity contribution is 5.33. The van der Waals surface area contributed by atoms with Crippen molar-refractivity contribution in [3.05, 3.63) is 17.0 Å². The highest BCUT2D eigenvalue weighted by Gasteiger charge is 2.42. The molecular weight excluding hydrogens is 443 g/mol. The topological polar surface area (TPSA) is 42.3 Å². The zero-order valence-corrected chi connectivity index (χ0v) is 20.1. The molecule has 1 aliphatic rings. The first-order chi connectivity index (χ1) is 15.6. The van der Waals surface area contributed by atoms with E-state index >= 15 is 0 Å². The highest BCUT2D eigenvalue weighted by Crippen LogP contribution is 2.39. The third-order valence-corrected chi connectivity index (χ3v) is 6.07. The van der Waals surface area contributed by atoms with Gasteiger partial charge in [0.15, 0.2) is 0 Å². The van der Waals surface area contributed by atoms with Gasteiger partial charge >= 0.3 is 6.18 Å². The predicted octanol–water partition coefficient (Wildman–Crippen LogP) is 5.14. The summed E-state index contributed by atoms with van der Waals surface area (Å²) in [7, 11) is 3.87. The van der Waals surface area contributed by atoms with Crippen molar-refractivity contribution in [2.75, 3.05) is 40.4 Å². The Morgan fingerprint density at radius 2 is 1.88 bits per heavy atom. The van der Waals surface area contributed by atoms with Crippen molar-refractivity contribution in [1.82, 2.24) is 20.0 Å². The molecule has 1 atom stereocenters. The van der Waals surface area contributed by atoms with E-state index in [9.17, 15) is 22.0 Å². The average Bonchev–Trinajstić information content (AvgIpc) is 3.17. The van der Waals surface area contributed by atoms with Crippen LogP contribution in [0.2, 0.25) is 0 Å². The van der Waals surface area contributed by atoms with E-state index in [4.69, 9.17) is 4.74 Å². The van der Waals surface area contributed by atoms with E-state index in [1.54, 1.807) is 0 Å². The van der Waals surface area contributed by atoms with E-state index in [0.29, 0.717) is 25.1 Å². The molecular formula is C23H39F5N4O. The Morgan fingerprint density at radius 1 is 1.18 bits per heavy atom. The van der Waals surface area contributed by atoms with Crippen LogP contribution < -0.4 is 5.32 Å². The van der Waals surface area contributed by atoms with Gasteiger partial charge in [-0.25, -0.2) is 8.78 Å². The molecule has 0 saturated carbocycles. The van der Waals surface area contributed by atoms with Gasteiger partial charge in [-0.2, -0.15) is 18.3 Å². The Bertz CT molecular complexity index is 708. The van der Waals surface area contributed by atoms with Crippen molar-refractivity contribution in [2.45, 2.75) is 89.4 Å². The van der Waals surface area contributed by atoms with Gasteiger partial charge in [0.25, 0.3) is 5.92 Å². The Balaban J connectivity index is 2.13. The van der Waals surface area contributed by atoms with Crippen LogP contribution in [0.1, 0.15) is 74.7 Å². The number of ether oxygens (including phenoxy) is 1. The number of likely N-dealkylation sites (N-methyl/N-ethyl adjacent to an activating group) is 2. The normalized spacial score (nSPS) is 16.5. The number of halogens is 5. The van der Waals surface area contributed by atoms with Crippen LogP contribution in [-0.2, 0) is 24.2 Å². The number of hydrogen-bond donors (Lipinski definition) is 1. The summed E-state index contributed by atoms with van der Waals surface area (Å²) in [5, 5.41) is 7.70. The first-order valence-corrected chi connectivity index (χ1v) is 12.0. The standard InChI is InChI=1S/C23H39F5N4O/c1-4-5-6-9-18(10-7-8-13-33-17-23(26,27)28)21-19(15-31(3)12-11-29-2)30-32-16-22(24,25)14-20(21)32/h18,29H,4-17H2,1-3H3/t18-/m1/s1. The molecule has 0 saturated heterocycles. The third-order valence-electron chi connectivity index (χ3n) is 6.07. The summed E-state index contributed by atoms with van der Waals surface area (Å²) in [6.45, 7) is 2.76. The van der Waals surface area contributed by atoms with Gasteiger partial charge < -0.3 is 10.1 Å². The second-order valence-corrected chi connectivity index (χ2v) is 9.20. The predicted molar refractivity (Wildman–Crippen MR) is 119 cm³/mol. The van der Waals surface area contributed by atoms with Gasteiger partial charge in [0, 0.05) is 37.5 Å². The first kappa shape index (κ1) is 28.0. The fourth-order valence-corrected chi connectivity index (χ4v) is 4.48. The summed E-state index contributed by atoms with van der Waals surface area (Å²) in [4.78, 5) is 2.13. The van der Waals surface area contributed by atoms with Crippen LogP contribution in [0.15, 0.2) is 0 Å². The number of alkyl halides is 5. The molecule has 0 aromatic carbocycles. The summed E-state index contributed by atoms with van der Waals surface area (Å²) in [6, 6.07) is 0. The van der Waals surface area contributed by atoms with Gasteiger partial charge in [0.2, 0.25) is 0 Å². The van der Waals surface area contributed by atoms with E-state index in [2.05, 4.69) is 22.2 Å². The maximum atomic E-state index is 14.2. The second kappa shape index (κ2) is 13.0. The second-order valence-electron chi connectivity index (χ2n) is 9.20. The van der Waals surface area contributed by atoms with Gasteiger partial charge in [-0.1, -0.05) is 32.6 Å². The fourth-order valence-electron chi connectivity index (χ4n) is 4.48. The molecule has 1 N–H and O–H groups in total. The quantitative estimate of drug-likeness (QED) is 0.262. The molecule has 2 heterocycles. The van der Waals surface area contributed by atoms with Crippen molar-refractivity contribution in [2.24, 2.45) is 0 Å². The molecule has 0 amide bonds. The van der Waals surface area contributed by atoms with Gasteiger partial charge in [0.1, 0.15) is 13.2 Å². The Labute approximate surface area is 194 Å².